The van der Waals surface area contributed by atoms with Gasteiger partial charge in [0.1, 0.15) is 5.41 Å². The highest BCUT2D eigenvalue weighted by atomic mass is 16.4. The molecule has 0 spiro atoms. The lowest BCUT2D eigenvalue weighted by Gasteiger charge is -2.17. The average Bonchev–Trinajstić information content (AvgIpc) is 3.32. The molecular formula is C16H20N2O4. The molecule has 0 bridgehead atoms. The molecular weight excluding hydrogens is 284 g/mol. The third-order valence-electron chi connectivity index (χ3n) is 4.03. The number of carboxylic acid groups (broad SMARTS) is 1. The van der Waals surface area contributed by atoms with Crippen molar-refractivity contribution in [2.24, 2.45) is 11.3 Å². The molecule has 1 atom stereocenters. The molecule has 1 aliphatic rings. The van der Waals surface area contributed by atoms with Crippen molar-refractivity contribution in [2.45, 2.75) is 19.3 Å². The van der Waals surface area contributed by atoms with E-state index in [-0.39, 0.29) is 18.4 Å². The van der Waals surface area contributed by atoms with Crippen LogP contribution in [0.2, 0.25) is 0 Å². The van der Waals surface area contributed by atoms with Crippen LogP contribution < -0.4 is 10.6 Å². The molecule has 3 N–H and O–H groups in total. The normalized spacial score (nSPS) is 16.4. The predicted octanol–water partition coefficient (Wildman–Crippen LogP) is 0.572. The minimum atomic E-state index is -0.995. The highest BCUT2D eigenvalue weighted by Gasteiger charge is 2.56. The summed E-state index contributed by atoms with van der Waals surface area (Å²) < 4.78 is 0. The number of aliphatic carboxylic acids is 1. The molecule has 2 rings (SSSR count). The van der Waals surface area contributed by atoms with Gasteiger partial charge in [-0.1, -0.05) is 30.3 Å². The Morgan fingerprint density at radius 2 is 1.82 bits per heavy atom. The second-order valence-corrected chi connectivity index (χ2v) is 5.60. The van der Waals surface area contributed by atoms with Crippen LogP contribution in [0.4, 0.5) is 0 Å². The molecule has 1 aromatic carbocycles. The Bertz CT molecular complexity index is 567. The van der Waals surface area contributed by atoms with Gasteiger partial charge in [-0.2, -0.15) is 0 Å². The number of carbonyl (C=O) groups is 3. The molecule has 0 radical (unpaired) electrons. The average molecular weight is 304 g/mol. The van der Waals surface area contributed by atoms with E-state index in [1.54, 1.807) is 0 Å². The first-order chi connectivity index (χ1) is 10.5. The summed E-state index contributed by atoms with van der Waals surface area (Å²) in [4.78, 5) is 35.2. The molecule has 0 saturated heterocycles. The van der Waals surface area contributed by atoms with Crippen molar-refractivity contribution in [3.63, 3.8) is 0 Å². The van der Waals surface area contributed by atoms with Gasteiger partial charge in [0, 0.05) is 13.6 Å². The fourth-order valence-corrected chi connectivity index (χ4v) is 2.45. The van der Waals surface area contributed by atoms with Crippen molar-refractivity contribution in [1.82, 2.24) is 10.6 Å². The van der Waals surface area contributed by atoms with Crippen LogP contribution in [0.5, 0.6) is 0 Å². The Labute approximate surface area is 128 Å². The highest BCUT2D eigenvalue weighted by Crippen LogP contribution is 2.46. The third kappa shape index (κ3) is 3.44. The van der Waals surface area contributed by atoms with Crippen molar-refractivity contribution in [3.8, 4) is 0 Å². The number of amides is 2. The van der Waals surface area contributed by atoms with Crippen LogP contribution in [0.3, 0.4) is 0 Å². The SMILES string of the molecule is CNC(=O)C1(C(=O)NCC(Cc2ccccc2)C(=O)O)CC1. The zero-order valence-corrected chi connectivity index (χ0v) is 12.5. The van der Waals surface area contributed by atoms with Crippen LogP contribution >= 0.6 is 0 Å². The van der Waals surface area contributed by atoms with Crippen molar-refractivity contribution in [3.05, 3.63) is 35.9 Å². The minimum Gasteiger partial charge on any atom is -0.481 e. The van der Waals surface area contributed by atoms with Gasteiger partial charge in [-0.15, -0.1) is 0 Å². The van der Waals surface area contributed by atoms with E-state index in [4.69, 9.17) is 0 Å². The number of hydrogen-bond acceptors (Lipinski definition) is 3. The van der Waals surface area contributed by atoms with E-state index >= 15 is 0 Å². The Hall–Kier alpha value is -2.37. The molecule has 6 nitrogen and oxygen atoms in total. The monoisotopic (exact) mass is 304 g/mol. The van der Waals surface area contributed by atoms with Crippen molar-refractivity contribution >= 4 is 17.8 Å². The van der Waals surface area contributed by atoms with Crippen molar-refractivity contribution < 1.29 is 19.5 Å². The van der Waals surface area contributed by atoms with Crippen LogP contribution in [0, 0.1) is 11.3 Å². The first-order valence-electron chi connectivity index (χ1n) is 7.27. The van der Waals surface area contributed by atoms with Gasteiger partial charge in [0.2, 0.25) is 11.8 Å². The van der Waals surface area contributed by atoms with Gasteiger partial charge in [-0.25, -0.2) is 0 Å². The second kappa shape index (κ2) is 6.60. The fourth-order valence-electron chi connectivity index (χ4n) is 2.45. The molecule has 2 amide bonds. The summed E-state index contributed by atoms with van der Waals surface area (Å²) in [6, 6.07) is 9.26. The highest BCUT2D eigenvalue weighted by molar-refractivity contribution is 6.07. The first kappa shape index (κ1) is 16.0. The van der Waals surface area contributed by atoms with E-state index in [0.29, 0.717) is 19.3 Å². The van der Waals surface area contributed by atoms with Gasteiger partial charge in [0.05, 0.1) is 5.92 Å². The number of benzene rings is 1. The van der Waals surface area contributed by atoms with Gasteiger partial charge in [-0.05, 0) is 24.8 Å². The number of carbonyl (C=O) groups excluding carboxylic acids is 2. The fraction of sp³-hybridized carbons (Fsp3) is 0.438. The van der Waals surface area contributed by atoms with E-state index in [2.05, 4.69) is 10.6 Å². The molecule has 1 unspecified atom stereocenters. The lowest BCUT2D eigenvalue weighted by atomic mass is 9.98. The molecule has 1 fully saturated rings. The minimum absolute atomic E-state index is 0.0157. The number of nitrogens with one attached hydrogen (secondary N) is 2. The maximum Gasteiger partial charge on any atom is 0.308 e. The van der Waals surface area contributed by atoms with E-state index in [9.17, 15) is 19.5 Å². The van der Waals surface area contributed by atoms with E-state index in [1.807, 2.05) is 30.3 Å². The number of rotatable bonds is 7. The molecule has 22 heavy (non-hydrogen) atoms. The number of carboxylic acids is 1. The molecule has 1 saturated carbocycles. The topological polar surface area (TPSA) is 95.5 Å². The lowest BCUT2D eigenvalue weighted by Crippen LogP contribution is -2.44. The standard InChI is InChI=1S/C16H20N2O4/c1-17-14(21)16(7-8-16)15(22)18-10-12(13(19)20)9-11-5-3-2-4-6-11/h2-6,12H,7-10H2,1H3,(H,17,21)(H,18,22)(H,19,20). The van der Waals surface area contributed by atoms with Crippen LogP contribution in [0.15, 0.2) is 30.3 Å². The molecule has 1 aliphatic carbocycles. The van der Waals surface area contributed by atoms with Crippen molar-refractivity contribution in [2.75, 3.05) is 13.6 Å². The Morgan fingerprint density at radius 3 is 2.32 bits per heavy atom. The summed E-state index contributed by atoms with van der Waals surface area (Å²) in [5, 5.41) is 14.4. The van der Waals surface area contributed by atoms with Gasteiger partial charge >= 0.3 is 5.97 Å². The first-order valence-corrected chi connectivity index (χ1v) is 7.27. The molecule has 0 aromatic heterocycles. The number of hydrogen-bond donors (Lipinski definition) is 3. The maximum absolute atomic E-state index is 12.1. The zero-order valence-electron chi connectivity index (χ0n) is 12.5. The van der Waals surface area contributed by atoms with Gasteiger partial charge < -0.3 is 15.7 Å². The van der Waals surface area contributed by atoms with Crippen LogP contribution in [-0.4, -0.2) is 36.5 Å². The summed E-state index contributed by atoms with van der Waals surface area (Å²) in [6.07, 6.45) is 1.35. The van der Waals surface area contributed by atoms with Crippen LogP contribution in [0.1, 0.15) is 18.4 Å². The predicted molar refractivity (Wildman–Crippen MR) is 80.0 cm³/mol. The Kier molecular flexibility index (Phi) is 4.80. The Morgan fingerprint density at radius 1 is 1.18 bits per heavy atom. The lowest BCUT2D eigenvalue weighted by molar-refractivity contribution is -0.141. The van der Waals surface area contributed by atoms with Gasteiger partial charge in [0.15, 0.2) is 0 Å². The summed E-state index contributed by atoms with van der Waals surface area (Å²) in [5.41, 5.74) is -0.0959. The summed E-state index contributed by atoms with van der Waals surface area (Å²) in [5.74, 6) is -2.37. The molecule has 0 aliphatic heterocycles. The quantitative estimate of drug-likeness (QED) is 0.642. The zero-order chi connectivity index (χ0) is 16.2. The van der Waals surface area contributed by atoms with Crippen LogP contribution in [0.25, 0.3) is 0 Å². The summed E-state index contributed by atoms with van der Waals surface area (Å²) in [6.45, 7) is 0.0157. The van der Waals surface area contributed by atoms with E-state index in [0.717, 1.165) is 5.56 Å². The Balaban J connectivity index is 1.94. The van der Waals surface area contributed by atoms with Gasteiger partial charge in [-0.3, -0.25) is 14.4 Å². The summed E-state index contributed by atoms with van der Waals surface area (Å²) in [7, 11) is 1.49. The molecule has 6 heteroatoms. The summed E-state index contributed by atoms with van der Waals surface area (Å²) >= 11 is 0. The van der Waals surface area contributed by atoms with E-state index < -0.39 is 17.3 Å². The van der Waals surface area contributed by atoms with E-state index in [1.165, 1.54) is 7.05 Å². The van der Waals surface area contributed by atoms with Crippen LogP contribution in [-0.2, 0) is 20.8 Å². The van der Waals surface area contributed by atoms with Crippen molar-refractivity contribution in [1.29, 1.82) is 0 Å². The maximum atomic E-state index is 12.1. The largest absolute Gasteiger partial charge is 0.481 e. The second-order valence-electron chi connectivity index (χ2n) is 5.60. The smallest absolute Gasteiger partial charge is 0.308 e. The molecule has 0 heterocycles. The molecule has 1 aromatic rings. The van der Waals surface area contributed by atoms with Gasteiger partial charge in [0.25, 0.3) is 0 Å². The molecule has 118 valence electrons. The third-order valence-corrected chi connectivity index (χ3v) is 4.03.